The highest BCUT2D eigenvalue weighted by molar-refractivity contribution is 7.85. The number of hydrogen-bond donors (Lipinski definition) is 1. The van der Waals surface area contributed by atoms with E-state index in [4.69, 9.17) is 4.18 Å². The minimum absolute atomic E-state index is 0. The van der Waals surface area contributed by atoms with Crippen molar-refractivity contribution in [2.24, 2.45) is 0 Å². The lowest BCUT2D eigenvalue weighted by molar-refractivity contribution is 0.477. The van der Waals surface area contributed by atoms with Gasteiger partial charge in [-0.3, -0.25) is 0 Å². The maximum absolute atomic E-state index is 11.1. The standard InChI is InChI=1S/C10H11N3O3S.ClH/c1-11-17(14,15)16-10-4-2-9(3-5-10)13-7-6-12-8-13;/h2-8,11H,1H3;1H. The van der Waals surface area contributed by atoms with E-state index in [0.29, 0.717) is 0 Å². The molecule has 2 aromatic rings. The molecule has 18 heavy (non-hydrogen) atoms. The van der Waals surface area contributed by atoms with E-state index in [1.54, 1.807) is 47.6 Å². The Balaban J connectivity index is 0.00000162. The summed E-state index contributed by atoms with van der Waals surface area (Å²) in [6, 6.07) is 6.62. The molecular formula is C10H12ClN3O3S. The second-order valence-electron chi connectivity index (χ2n) is 3.21. The van der Waals surface area contributed by atoms with Crippen LogP contribution in [0.2, 0.25) is 0 Å². The molecule has 98 valence electrons. The second-order valence-corrected chi connectivity index (χ2v) is 4.69. The van der Waals surface area contributed by atoms with Crippen molar-refractivity contribution in [3.05, 3.63) is 43.0 Å². The van der Waals surface area contributed by atoms with Gasteiger partial charge in [-0.15, -0.1) is 12.4 Å². The SMILES string of the molecule is CNS(=O)(=O)Oc1ccc(-n2ccnc2)cc1.Cl. The highest BCUT2D eigenvalue weighted by Gasteiger charge is 2.08. The summed E-state index contributed by atoms with van der Waals surface area (Å²) in [6.45, 7) is 0. The Labute approximate surface area is 111 Å². The summed E-state index contributed by atoms with van der Waals surface area (Å²) in [4.78, 5) is 3.92. The van der Waals surface area contributed by atoms with Crippen molar-refractivity contribution in [3.8, 4) is 11.4 Å². The Kier molecular flexibility index (Phi) is 4.71. The van der Waals surface area contributed by atoms with Gasteiger partial charge in [0.15, 0.2) is 0 Å². The third kappa shape index (κ3) is 3.46. The van der Waals surface area contributed by atoms with Crippen LogP contribution in [0.25, 0.3) is 5.69 Å². The molecule has 0 unspecified atom stereocenters. The first-order valence-electron chi connectivity index (χ1n) is 4.82. The zero-order valence-electron chi connectivity index (χ0n) is 9.48. The first-order chi connectivity index (χ1) is 8.11. The second kappa shape index (κ2) is 5.85. The molecule has 0 spiro atoms. The molecule has 2 rings (SSSR count). The van der Waals surface area contributed by atoms with Crippen molar-refractivity contribution in [3.63, 3.8) is 0 Å². The van der Waals surface area contributed by atoms with E-state index in [9.17, 15) is 8.42 Å². The number of nitrogens with one attached hydrogen (secondary N) is 1. The Morgan fingerprint density at radius 2 is 1.94 bits per heavy atom. The van der Waals surface area contributed by atoms with E-state index in [1.807, 2.05) is 0 Å². The summed E-state index contributed by atoms with van der Waals surface area (Å²) in [6.07, 6.45) is 5.11. The van der Waals surface area contributed by atoms with E-state index in [-0.39, 0.29) is 18.2 Å². The van der Waals surface area contributed by atoms with Crippen LogP contribution >= 0.6 is 12.4 Å². The lowest BCUT2D eigenvalue weighted by Gasteiger charge is -2.06. The topological polar surface area (TPSA) is 73.2 Å². The van der Waals surface area contributed by atoms with Crippen LogP contribution in [0, 0.1) is 0 Å². The molecule has 0 saturated carbocycles. The maximum Gasteiger partial charge on any atom is 0.382 e. The summed E-state index contributed by atoms with van der Waals surface area (Å²) < 4.78 is 30.9. The van der Waals surface area contributed by atoms with Crippen LogP contribution in [0.4, 0.5) is 0 Å². The molecule has 1 N–H and O–H groups in total. The number of aromatic nitrogens is 2. The molecule has 0 aliphatic carbocycles. The molecule has 0 bridgehead atoms. The Bertz CT molecular complexity index is 581. The van der Waals surface area contributed by atoms with Crippen molar-refractivity contribution in [2.75, 3.05) is 7.05 Å². The Morgan fingerprint density at radius 3 is 2.44 bits per heavy atom. The van der Waals surface area contributed by atoms with E-state index >= 15 is 0 Å². The summed E-state index contributed by atoms with van der Waals surface area (Å²) >= 11 is 0. The molecule has 0 aliphatic rings. The molecule has 0 atom stereocenters. The number of imidazole rings is 1. The van der Waals surface area contributed by atoms with E-state index in [1.165, 1.54) is 7.05 Å². The minimum Gasteiger partial charge on any atom is -0.371 e. The average molecular weight is 290 g/mol. The van der Waals surface area contributed by atoms with Crippen LogP contribution in [0.1, 0.15) is 0 Å². The van der Waals surface area contributed by atoms with Gasteiger partial charge in [0.25, 0.3) is 0 Å². The fourth-order valence-electron chi connectivity index (χ4n) is 1.25. The summed E-state index contributed by atoms with van der Waals surface area (Å²) in [5.74, 6) is 0.253. The molecule has 0 saturated heterocycles. The number of nitrogens with zero attached hydrogens (tertiary/aromatic N) is 2. The number of benzene rings is 1. The third-order valence-electron chi connectivity index (χ3n) is 2.10. The predicted octanol–water partition coefficient (Wildman–Crippen LogP) is 1.14. The van der Waals surface area contributed by atoms with Crippen molar-refractivity contribution < 1.29 is 12.6 Å². The molecule has 0 aliphatic heterocycles. The van der Waals surface area contributed by atoms with Crippen LogP contribution in [-0.4, -0.2) is 25.0 Å². The van der Waals surface area contributed by atoms with Gasteiger partial charge in [0.1, 0.15) is 5.75 Å². The first-order valence-corrected chi connectivity index (χ1v) is 6.23. The van der Waals surface area contributed by atoms with E-state index in [0.717, 1.165) is 5.69 Å². The van der Waals surface area contributed by atoms with Crippen molar-refractivity contribution >= 4 is 22.7 Å². The normalized spacial score (nSPS) is 10.7. The third-order valence-corrected chi connectivity index (χ3v) is 3.01. The van der Waals surface area contributed by atoms with Gasteiger partial charge in [-0.05, 0) is 24.3 Å². The van der Waals surface area contributed by atoms with Crippen molar-refractivity contribution in [1.82, 2.24) is 14.3 Å². The molecule has 1 aromatic carbocycles. The fourth-order valence-corrected chi connectivity index (χ4v) is 1.70. The van der Waals surface area contributed by atoms with Crippen LogP contribution in [0.5, 0.6) is 5.75 Å². The number of rotatable bonds is 4. The largest absolute Gasteiger partial charge is 0.382 e. The lowest BCUT2D eigenvalue weighted by atomic mass is 10.3. The fraction of sp³-hybridized carbons (Fsp3) is 0.100. The zero-order valence-corrected chi connectivity index (χ0v) is 11.1. The zero-order chi connectivity index (χ0) is 12.3. The molecule has 1 heterocycles. The van der Waals surface area contributed by atoms with E-state index in [2.05, 4.69) is 9.71 Å². The lowest BCUT2D eigenvalue weighted by Crippen LogP contribution is -2.24. The highest BCUT2D eigenvalue weighted by Crippen LogP contribution is 2.16. The smallest absolute Gasteiger partial charge is 0.371 e. The predicted molar refractivity (Wildman–Crippen MR) is 69.4 cm³/mol. The van der Waals surface area contributed by atoms with E-state index < -0.39 is 10.3 Å². The van der Waals surface area contributed by atoms with Crippen LogP contribution in [0.3, 0.4) is 0 Å². The van der Waals surface area contributed by atoms with Gasteiger partial charge >= 0.3 is 10.3 Å². The number of halogens is 1. The van der Waals surface area contributed by atoms with Crippen LogP contribution < -0.4 is 8.91 Å². The van der Waals surface area contributed by atoms with Crippen molar-refractivity contribution in [1.29, 1.82) is 0 Å². The summed E-state index contributed by atoms with van der Waals surface area (Å²) in [5.41, 5.74) is 0.872. The van der Waals surface area contributed by atoms with Gasteiger partial charge < -0.3 is 8.75 Å². The molecule has 1 aromatic heterocycles. The highest BCUT2D eigenvalue weighted by atomic mass is 35.5. The maximum atomic E-state index is 11.1. The van der Waals surface area contributed by atoms with Gasteiger partial charge in [-0.1, -0.05) is 0 Å². The van der Waals surface area contributed by atoms with Gasteiger partial charge in [0.2, 0.25) is 0 Å². The molecule has 0 amide bonds. The first kappa shape index (κ1) is 14.5. The van der Waals surface area contributed by atoms with Crippen molar-refractivity contribution in [2.45, 2.75) is 0 Å². The van der Waals surface area contributed by atoms with Gasteiger partial charge in [0.05, 0.1) is 6.33 Å². The van der Waals surface area contributed by atoms with Gasteiger partial charge in [-0.2, -0.15) is 13.1 Å². The molecular weight excluding hydrogens is 278 g/mol. The average Bonchev–Trinajstić information content (AvgIpc) is 2.83. The minimum atomic E-state index is -3.71. The molecule has 8 heteroatoms. The van der Waals surface area contributed by atoms with Gasteiger partial charge in [0, 0.05) is 25.1 Å². The van der Waals surface area contributed by atoms with Gasteiger partial charge in [-0.25, -0.2) is 4.98 Å². The van der Waals surface area contributed by atoms with Crippen LogP contribution in [-0.2, 0) is 10.3 Å². The molecule has 6 nitrogen and oxygen atoms in total. The monoisotopic (exact) mass is 289 g/mol. The summed E-state index contributed by atoms with van der Waals surface area (Å²) in [5, 5.41) is 0. The van der Waals surface area contributed by atoms with Crippen LogP contribution in [0.15, 0.2) is 43.0 Å². The Hall–Kier alpha value is -1.57. The Morgan fingerprint density at radius 1 is 1.28 bits per heavy atom. The number of hydrogen-bond acceptors (Lipinski definition) is 4. The summed E-state index contributed by atoms with van der Waals surface area (Å²) in [7, 11) is -2.42. The molecule has 0 radical (unpaired) electrons. The quantitative estimate of drug-likeness (QED) is 0.916. The molecule has 0 fully saturated rings.